The number of hydrogen-bond acceptors (Lipinski definition) is 4. The van der Waals surface area contributed by atoms with Gasteiger partial charge in [-0.1, -0.05) is 16.5 Å². The molecule has 3 N–H and O–H groups in total. The predicted octanol–water partition coefficient (Wildman–Crippen LogP) is -0.131. The Morgan fingerprint density at radius 3 is 1.22 bits per heavy atom. The minimum Gasteiger partial charge on any atom is -0.411 e. The average molecular weight is 338 g/mol. The Hall–Kier alpha value is 1.31. The molecule has 0 unspecified atom stereocenters. The van der Waals surface area contributed by atoms with Gasteiger partial charge in [0.05, 0.1) is 0 Å². The smallest absolute Gasteiger partial charge is 0.411 e. The fraction of sp³-hybridized carbons (Fsp3) is 0.800. The van der Waals surface area contributed by atoms with Crippen LogP contribution in [0.2, 0.25) is 0 Å². The van der Waals surface area contributed by atoms with Crippen molar-refractivity contribution in [2.75, 3.05) is 26.2 Å². The normalized spacial score (nSPS) is 7.83. The number of hydrogen-bond donors (Lipinski definition) is 2. The number of rotatable bonds is 4. The number of thiocarbonyl (C=S) groups is 2. The second-order valence-electron chi connectivity index (χ2n) is 2.89. The van der Waals surface area contributed by atoms with E-state index >= 15 is 0 Å². The quantitative estimate of drug-likeness (QED) is 0.322. The maximum atomic E-state index is 4.81. The molecule has 0 heterocycles. The molecule has 0 atom stereocenters. The van der Waals surface area contributed by atoms with Crippen LogP contribution in [0.5, 0.6) is 0 Å². The van der Waals surface area contributed by atoms with Crippen molar-refractivity contribution in [1.82, 2.24) is 16.0 Å². The number of thiol groups is 1. The molecule has 0 fully saturated rings. The van der Waals surface area contributed by atoms with Crippen LogP contribution in [-0.4, -0.2) is 44.6 Å². The van der Waals surface area contributed by atoms with Crippen molar-refractivity contribution in [2.24, 2.45) is 0 Å². The second-order valence-corrected chi connectivity index (χ2v) is 5.04. The van der Waals surface area contributed by atoms with Crippen LogP contribution in [0.1, 0.15) is 27.7 Å². The van der Waals surface area contributed by atoms with Gasteiger partial charge in [0.15, 0.2) is 0 Å². The Kier molecular flexibility index (Phi) is 28.1. The molecule has 18 heavy (non-hydrogen) atoms. The monoisotopic (exact) mass is 337 g/mol. The van der Waals surface area contributed by atoms with Crippen molar-refractivity contribution >= 4 is 58.3 Å². The summed E-state index contributed by atoms with van der Waals surface area (Å²) >= 11 is 18.3. The van der Waals surface area contributed by atoms with Crippen LogP contribution in [0.25, 0.3) is 0 Å². The molecule has 0 rings (SSSR count). The van der Waals surface area contributed by atoms with Crippen LogP contribution in [0.15, 0.2) is 0 Å². The summed E-state index contributed by atoms with van der Waals surface area (Å²) in [6.45, 7) is 12.0. The maximum absolute atomic E-state index is 4.81. The molecule has 0 aromatic carbocycles. The third kappa shape index (κ3) is 15.4. The van der Waals surface area contributed by atoms with Crippen molar-refractivity contribution in [3.05, 3.63) is 0 Å². The Morgan fingerprint density at radius 2 is 1.22 bits per heavy atom. The molecule has 0 aliphatic rings. The molecule has 8 heteroatoms. The first-order valence-electron chi connectivity index (χ1n) is 5.38. The predicted molar refractivity (Wildman–Crippen MR) is 92.4 cm³/mol. The molecule has 0 aromatic heterocycles. The summed E-state index contributed by atoms with van der Waals surface area (Å²) in [5.74, 6) is 0. The summed E-state index contributed by atoms with van der Waals surface area (Å²) in [4.78, 5) is 3.98. The SMILES string of the molecule is CCN(CC)C(=S)S.CCN(CC)C(=S)[S-].N.[Na+]. The molecule has 104 valence electrons. The summed E-state index contributed by atoms with van der Waals surface area (Å²) in [6.07, 6.45) is 0. The Balaban J connectivity index is -0.0000000980. The van der Waals surface area contributed by atoms with Gasteiger partial charge in [-0.05, 0) is 27.7 Å². The topological polar surface area (TPSA) is 41.5 Å². The fourth-order valence-electron chi connectivity index (χ4n) is 0.976. The first-order chi connectivity index (χ1) is 7.44. The summed E-state index contributed by atoms with van der Waals surface area (Å²) in [7, 11) is 0. The van der Waals surface area contributed by atoms with Crippen LogP contribution >= 0.6 is 37.1 Å². The van der Waals surface area contributed by atoms with E-state index in [9.17, 15) is 0 Å². The molecule has 0 spiro atoms. The third-order valence-corrected chi connectivity index (χ3v) is 3.11. The van der Waals surface area contributed by atoms with Gasteiger partial charge in [-0.15, -0.1) is 12.6 Å². The Bertz CT molecular complexity index is 187. The van der Waals surface area contributed by atoms with Crippen molar-refractivity contribution in [3.8, 4) is 0 Å². The van der Waals surface area contributed by atoms with E-state index in [0.29, 0.717) is 8.64 Å². The molecule has 0 aliphatic carbocycles. The van der Waals surface area contributed by atoms with Gasteiger partial charge in [-0.2, -0.15) is 0 Å². The van der Waals surface area contributed by atoms with Gasteiger partial charge >= 0.3 is 29.6 Å². The average Bonchev–Trinajstić information content (AvgIpc) is 2.21. The summed E-state index contributed by atoms with van der Waals surface area (Å²) < 4.78 is 1.27. The van der Waals surface area contributed by atoms with E-state index in [1.165, 1.54) is 0 Å². The summed E-state index contributed by atoms with van der Waals surface area (Å²) in [6, 6.07) is 0. The number of nitrogens with zero attached hydrogens (tertiary/aromatic N) is 2. The molecule has 0 saturated carbocycles. The van der Waals surface area contributed by atoms with Gasteiger partial charge in [0.1, 0.15) is 4.32 Å². The Morgan fingerprint density at radius 1 is 0.944 bits per heavy atom. The van der Waals surface area contributed by atoms with Crippen molar-refractivity contribution in [1.29, 1.82) is 0 Å². The zero-order chi connectivity index (χ0) is 13.1. The van der Waals surface area contributed by atoms with Gasteiger partial charge in [-0.3, -0.25) is 0 Å². The van der Waals surface area contributed by atoms with E-state index in [2.05, 4.69) is 26.5 Å². The molecular weight excluding hydrogens is 313 g/mol. The zero-order valence-electron chi connectivity index (χ0n) is 12.1. The van der Waals surface area contributed by atoms with Crippen LogP contribution in [0.4, 0.5) is 0 Å². The Labute approximate surface area is 156 Å². The molecule has 0 amide bonds. The van der Waals surface area contributed by atoms with E-state index in [1.54, 1.807) is 0 Å². The maximum Gasteiger partial charge on any atom is 1.00 e. The van der Waals surface area contributed by atoms with Crippen LogP contribution in [0, 0.1) is 0 Å². The first-order valence-corrected chi connectivity index (χ1v) is 7.05. The minimum atomic E-state index is 0. The molecule has 0 aromatic rings. The molecule has 0 bridgehead atoms. The second kappa shape index (κ2) is 18.3. The zero-order valence-corrected chi connectivity index (χ0v) is 17.4. The van der Waals surface area contributed by atoms with Gasteiger partial charge < -0.3 is 40.8 Å². The molecule has 0 radical (unpaired) electrons. The van der Waals surface area contributed by atoms with E-state index in [1.807, 2.05) is 23.6 Å². The molecular formula is C10H24N3NaS4. The fourth-order valence-corrected chi connectivity index (χ4v) is 2.03. The summed E-state index contributed by atoms with van der Waals surface area (Å²) in [5.41, 5.74) is 0. The third-order valence-electron chi connectivity index (χ3n) is 2.06. The first kappa shape index (κ1) is 27.6. The van der Waals surface area contributed by atoms with Gasteiger partial charge in [-0.25, -0.2) is 0 Å². The van der Waals surface area contributed by atoms with Gasteiger partial charge in [0, 0.05) is 26.2 Å². The van der Waals surface area contributed by atoms with Gasteiger partial charge in [0.25, 0.3) is 0 Å². The largest absolute Gasteiger partial charge is 1.00 e. The van der Waals surface area contributed by atoms with Crippen molar-refractivity contribution in [2.45, 2.75) is 27.7 Å². The van der Waals surface area contributed by atoms with Crippen LogP contribution in [-0.2, 0) is 12.6 Å². The molecule has 3 nitrogen and oxygen atoms in total. The molecule has 0 aliphatic heterocycles. The van der Waals surface area contributed by atoms with Crippen LogP contribution < -0.4 is 35.7 Å². The van der Waals surface area contributed by atoms with E-state index in [-0.39, 0.29) is 35.7 Å². The van der Waals surface area contributed by atoms with Crippen LogP contribution in [0.3, 0.4) is 0 Å². The standard InChI is InChI=1S/2C5H11NS2.H3N.Na/c2*1-3-6(4-2)5(7)8;;/h2*3-4H2,1-2H3,(H,7,8);1H3;/q;;;+1/p-1. The van der Waals surface area contributed by atoms with E-state index < -0.39 is 0 Å². The van der Waals surface area contributed by atoms with Gasteiger partial charge in [0.2, 0.25) is 0 Å². The van der Waals surface area contributed by atoms with E-state index in [4.69, 9.17) is 37.1 Å². The van der Waals surface area contributed by atoms with Crippen molar-refractivity contribution < 1.29 is 29.6 Å². The molecule has 0 saturated heterocycles. The minimum absolute atomic E-state index is 0. The van der Waals surface area contributed by atoms with E-state index in [0.717, 1.165) is 26.2 Å². The van der Waals surface area contributed by atoms with Crippen molar-refractivity contribution in [3.63, 3.8) is 0 Å². The summed E-state index contributed by atoms with van der Waals surface area (Å²) in [5, 5.41) is 0.